The lowest BCUT2D eigenvalue weighted by molar-refractivity contribution is -0.140. The van der Waals surface area contributed by atoms with Crippen LogP contribution in [0.5, 0.6) is 0 Å². The molecule has 3 saturated heterocycles. The molecule has 1 aromatic rings. The molecule has 0 bridgehead atoms. The van der Waals surface area contributed by atoms with E-state index in [0.717, 1.165) is 31.8 Å². The Morgan fingerprint density at radius 3 is 2.90 bits per heavy atom. The Morgan fingerprint density at radius 1 is 1.14 bits per heavy atom. The first-order valence-electron chi connectivity index (χ1n) is 7.61. The number of amides is 1. The van der Waals surface area contributed by atoms with Crippen molar-refractivity contribution >= 4 is 24.0 Å². The normalized spacial score (nSPS) is 36.8. The van der Waals surface area contributed by atoms with Crippen LogP contribution in [0, 0.1) is 0 Å². The summed E-state index contributed by atoms with van der Waals surface area (Å²) < 4.78 is 5.92. The van der Waals surface area contributed by atoms with E-state index >= 15 is 0 Å². The summed E-state index contributed by atoms with van der Waals surface area (Å²) in [5.41, 5.74) is 2.52. The first-order chi connectivity index (χ1) is 9.84. The number of hydrogen-bond donors (Lipinski definition) is 0. The molecule has 4 heterocycles. The molecule has 4 nitrogen and oxygen atoms in total. The Hall–Kier alpha value is -1.10. The molecule has 3 fully saturated rings. The number of rotatable bonds is 0. The van der Waals surface area contributed by atoms with Crippen LogP contribution in [0.25, 0.3) is 0 Å². The molecule has 0 radical (unpaired) electrons. The summed E-state index contributed by atoms with van der Waals surface area (Å²) in [5.74, 6) is 0.746. The fourth-order valence-corrected chi connectivity index (χ4v) is 4.82. The second-order valence-corrected chi connectivity index (χ2v) is 6.35. The van der Waals surface area contributed by atoms with Crippen molar-refractivity contribution in [2.45, 2.75) is 36.9 Å². The third kappa shape index (κ3) is 1.67. The highest BCUT2D eigenvalue weighted by Gasteiger charge is 2.56. The standard InChI is InChI=1S/C16H18N2O2.ClH/c19-14-9-13-16-15-11(5-6-17(16)7-8-20-13)10-3-1-2-4-12(10)18(14)15;/h1-4,11,13,15-16H,5-9H2;1H. The van der Waals surface area contributed by atoms with Crippen molar-refractivity contribution in [2.75, 3.05) is 24.6 Å². The predicted molar refractivity (Wildman–Crippen MR) is 82.0 cm³/mol. The lowest BCUT2D eigenvalue weighted by Gasteiger charge is -2.53. The van der Waals surface area contributed by atoms with E-state index in [1.165, 1.54) is 5.56 Å². The molecule has 0 aliphatic carbocycles. The van der Waals surface area contributed by atoms with Crippen LogP contribution in [0.15, 0.2) is 24.3 Å². The second-order valence-electron chi connectivity index (χ2n) is 6.35. The maximum absolute atomic E-state index is 12.6. The molecule has 4 atom stereocenters. The first kappa shape index (κ1) is 13.6. The van der Waals surface area contributed by atoms with E-state index in [0.29, 0.717) is 24.4 Å². The van der Waals surface area contributed by atoms with Gasteiger partial charge < -0.3 is 9.64 Å². The van der Waals surface area contributed by atoms with Crippen molar-refractivity contribution in [2.24, 2.45) is 0 Å². The topological polar surface area (TPSA) is 32.8 Å². The van der Waals surface area contributed by atoms with Crippen molar-refractivity contribution < 1.29 is 9.53 Å². The van der Waals surface area contributed by atoms with Gasteiger partial charge in [-0.1, -0.05) is 18.2 Å². The first-order valence-corrected chi connectivity index (χ1v) is 7.61. The van der Waals surface area contributed by atoms with Crippen molar-refractivity contribution in [1.29, 1.82) is 0 Å². The van der Waals surface area contributed by atoms with Gasteiger partial charge >= 0.3 is 0 Å². The highest BCUT2D eigenvalue weighted by Crippen LogP contribution is 2.50. The number of morpholine rings is 1. The Bertz CT molecular complexity index is 593. The van der Waals surface area contributed by atoms with E-state index in [9.17, 15) is 4.79 Å². The molecule has 0 N–H and O–H groups in total. The van der Waals surface area contributed by atoms with Gasteiger partial charge in [0.15, 0.2) is 0 Å². The van der Waals surface area contributed by atoms with Crippen LogP contribution >= 0.6 is 12.4 Å². The number of halogens is 1. The zero-order valence-corrected chi connectivity index (χ0v) is 12.6. The third-order valence-corrected chi connectivity index (χ3v) is 5.54. The van der Waals surface area contributed by atoms with E-state index in [2.05, 4.69) is 28.0 Å². The average molecular weight is 307 g/mol. The van der Waals surface area contributed by atoms with Crippen LogP contribution in [0.1, 0.15) is 24.3 Å². The highest BCUT2D eigenvalue weighted by molar-refractivity contribution is 5.98. The Labute approximate surface area is 130 Å². The average Bonchev–Trinajstić information content (AvgIpc) is 2.82. The number of ether oxygens (including phenoxy) is 1. The van der Waals surface area contributed by atoms with Gasteiger partial charge in [-0.3, -0.25) is 9.69 Å². The molecular formula is C16H19ClN2O2. The summed E-state index contributed by atoms with van der Waals surface area (Å²) in [4.78, 5) is 17.2. The SMILES string of the molecule is Cl.O=C1CC2OCCN3CCC4c5ccccc5N1C4C23. The van der Waals surface area contributed by atoms with Gasteiger partial charge in [-0.05, 0) is 24.6 Å². The quantitative estimate of drug-likeness (QED) is 0.732. The minimum absolute atomic E-state index is 0. The van der Waals surface area contributed by atoms with Crippen LogP contribution in [0.2, 0.25) is 0 Å². The van der Waals surface area contributed by atoms with E-state index in [4.69, 9.17) is 4.74 Å². The van der Waals surface area contributed by atoms with Crippen molar-refractivity contribution in [3.63, 3.8) is 0 Å². The molecular weight excluding hydrogens is 288 g/mol. The summed E-state index contributed by atoms with van der Waals surface area (Å²) in [6.45, 7) is 2.93. The van der Waals surface area contributed by atoms with E-state index in [1.807, 2.05) is 6.07 Å². The molecule has 21 heavy (non-hydrogen) atoms. The zero-order valence-electron chi connectivity index (χ0n) is 11.8. The van der Waals surface area contributed by atoms with Gasteiger partial charge in [0.2, 0.25) is 5.91 Å². The maximum Gasteiger partial charge on any atom is 0.230 e. The lowest BCUT2D eigenvalue weighted by atomic mass is 9.78. The summed E-state index contributed by atoms with van der Waals surface area (Å²) in [5, 5.41) is 0. The Morgan fingerprint density at radius 2 is 2.00 bits per heavy atom. The van der Waals surface area contributed by atoms with Gasteiger partial charge in [0.1, 0.15) is 0 Å². The monoisotopic (exact) mass is 306 g/mol. The number of carbonyl (C=O) groups is 1. The largest absolute Gasteiger partial charge is 0.375 e. The van der Waals surface area contributed by atoms with Crippen LogP contribution in [-0.2, 0) is 9.53 Å². The van der Waals surface area contributed by atoms with E-state index < -0.39 is 0 Å². The maximum atomic E-state index is 12.6. The minimum atomic E-state index is 0. The van der Waals surface area contributed by atoms with Gasteiger partial charge in [0.25, 0.3) is 0 Å². The fourth-order valence-electron chi connectivity index (χ4n) is 4.82. The van der Waals surface area contributed by atoms with Crippen LogP contribution in [0.4, 0.5) is 5.69 Å². The molecule has 4 aliphatic heterocycles. The molecule has 1 aromatic carbocycles. The van der Waals surface area contributed by atoms with Gasteiger partial charge in [-0.15, -0.1) is 12.4 Å². The summed E-state index contributed by atoms with van der Waals surface area (Å²) in [7, 11) is 0. The number of anilines is 1. The van der Waals surface area contributed by atoms with Gasteiger partial charge in [0, 0.05) is 18.2 Å². The van der Waals surface area contributed by atoms with Crippen molar-refractivity contribution in [3.05, 3.63) is 29.8 Å². The van der Waals surface area contributed by atoms with Gasteiger partial charge in [-0.25, -0.2) is 0 Å². The molecule has 112 valence electrons. The number of nitrogens with zero attached hydrogens (tertiary/aromatic N) is 2. The molecule has 0 aromatic heterocycles. The molecule has 1 amide bonds. The van der Waals surface area contributed by atoms with Crippen molar-refractivity contribution in [3.8, 4) is 0 Å². The van der Waals surface area contributed by atoms with E-state index in [-0.39, 0.29) is 24.4 Å². The smallest absolute Gasteiger partial charge is 0.230 e. The second kappa shape index (κ2) is 4.70. The Kier molecular flexibility index (Phi) is 3.03. The summed E-state index contributed by atoms with van der Waals surface area (Å²) in [6.07, 6.45) is 1.81. The van der Waals surface area contributed by atoms with Crippen LogP contribution in [0.3, 0.4) is 0 Å². The number of fused-ring (bicyclic) bond motifs is 3. The number of carbonyl (C=O) groups excluding carboxylic acids is 1. The number of benzene rings is 1. The van der Waals surface area contributed by atoms with Crippen molar-refractivity contribution in [1.82, 2.24) is 4.90 Å². The number of para-hydroxylation sites is 1. The molecule has 4 aliphatic rings. The van der Waals surface area contributed by atoms with Crippen LogP contribution < -0.4 is 4.90 Å². The molecule has 0 spiro atoms. The molecule has 0 saturated carbocycles. The molecule has 5 rings (SSSR count). The van der Waals surface area contributed by atoms with Crippen LogP contribution in [-0.4, -0.2) is 48.7 Å². The van der Waals surface area contributed by atoms with Gasteiger partial charge in [-0.2, -0.15) is 0 Å². The third-order valence-electron chi connectivity index (χ3n) is 5.54. The Balaban J connectivity index is 0.00000115. The number of piperidine rings is 2. The summed E-state index contributed by atoms with van der Waals surface area (Å²) >= 11 is 0. The summed E-state index contributed by atoms with van der Waals surface area (Å²) in [6, 6.07) is 9.16. The van der Waals surface area contributed by atoms with E-state index in [1.54, 1.807) is 0 Å². The van der Waals surface area contributed by atoms with Gasteiger partial charge in [0.05, 0.1) is 31.2 Å². The lowest BCUT2D eigenvalue weighted by Crippen LogP contribution is -2.68. The number of hydrogen-bond acceptors (Lipinski definition) is 3. The zero-order chi connectivity index (χ0) is 13.3. The molecule has 5 heteroatoms. The highest BCUT2D eigenvalue weighted by atomic mass is 35.5. The fraction of sp³-hybridized carbons (Fsp3) is 0.562. The molecule has 4 unspecified atom stereocenters. The minimum Gasteiger partial charge on any atom is -0.375 e. The predicted octanol–water partition coefficient (Wildman–Crippen LogP) is 1.78.